The van der Waals surface area contributed by atoms with Crippen LogP contribution in [-0.4, -0.2) is 9.97 Å². The lowest BCUT2D eigenvalue weighted by Crippen LogP contribution is -2.03. The fraction of sp³-hybridized carbons (Fsp3) is 0.421. The lowest BCUT2D eigenvalue weighted by molar-refractivity contribution is 0.450. The molecule has 0 saturated heterocycles. The van der Waals surface area contributed by atoms with Gasteiger partial charge in [-0.1, -0.05) is 79.1 Å². The third kappa shape index (κ3) is 6.68. The summed E-state index contributed by atoms with van der Waals surface area (Å²) in [7, 11) is 0. The number of hydrogen-bond donors (Lipinski definition) is 0. The number of nitrogens with zero attached hydrogens (tertiary/aromatic N) is 2. The van der Waals surface area contributed by atoms with E-state index in [-0.39, 0.29) is 0 Å². The standard InChI is InChI=1S/C38H40Br2N2S5/c1-5-9-11-21(7-3)17-23-19-27(39)45-33(23)37-31-32(38(47-37)34-24(20-28(40)46-34)18-22(8-4)12-10-6-2)42-30-29(41-31)35-25(13-15-43-35)26-14-16-44-36(26)30/h13-16,19-22H,5-12,17-18H2,1-4H3. The Morgan fingerprint density at radius 1 is 0.596 bits per heavy atom. The van der Waals surface area contributed by atoms with Gasteiger partial charge >= 0.3 is 0 Å². The Bertz CT molecular complexity index is 2010. The molecule has 0 amide bonds. The highest BCUT2D eigenvalue weighted by Crippen LogP contribution is 2.52. The molecule has 0 aliphatic rings. The Morgan fingerprint density at radius 3 is 1.45 bits per heavy atom. The second kappa shape index (κ2) is 15.0. The van der Waals surface area contributed by atoms with E-state index in [4.69, 9.17) is 9.97 Å². The molecule has 0 fully saturated rings. The van der Waals surface area contributed by atoms with Crippen LogP contribution < -0.4 is 0 Å². The Morgan fingerprint density at radius 2 is 1.04 bits per heavy atom. The molecule has 0 aliphatic heterocycles. The van der Waals surface area contributed by atoms with Gasteiger partial charge in [-0.3, -0.25) is 0 Å². The minimum absolute atomic E-state index is 0.694. The first-order valence-corrected chi connectivity index (χ1v) is 22.8. The Labute approximate surface area is 314 Å². The maximum Gasteiger partial charge on any atom is 0.110 e. The summed E-state index contributed by atoms with van der Waals surface area (Å²) in [6, 6.07) is 9.28. The minimum atomic E-state index is 0.694. The van der Waals surface area contributed by atoms with Crippen LogP contribution in [-0.2, 0) is 12.8 Å². The molecule has 2 atom stereocenters. The van der Waals surface area contributed by atoms with E-state index in [9.17, 15) is 0 Å². The van der Waals surface area contributed by atoms with Gasteiger partial charge in [-0.2, -0.15) is 0 Å². The Hall–Kier alpha value is -1.20. The number of aromatic nitrogens is 2. The first-order valence-electron chi connectivity index (χ1n) is 17.0. The molecule has 0 aliphatic carbocycles. The van der Waals surface area contributed by atoms with Crippen molar-refractivity contribution in [3.63, 3.8) is 0 Å². The SMILES string of the molecule is CCCCC(CC)Cc1cc(Br)sc1-c1sc(-c2sc(Br)cc2CC(CC)CCCC)c2nc3c(nc12)c1sccc1c1ccsc13. The predicted molar refractivity (Wildman–Crippen MR) is 222 cm³/mol. The number of rotatable bonds is 14. The topological polar surface area (TPSA) is 25.8 Å². The smallest absolute Gasteiger partial charge is 0.110 e. The molecule has 6 heterocycles. The van der Waals surface area contributed by atoms with E-state index < -0.39 is 0 Å². The van der Waals surface area contributed by atoms with E-state index in [1.54, 1.807) is 22.7 Å². The van der Waals surface area contributed by atoms with Crippen molar-refractivity contribution in [2.24, 2.45) is 11.8 Å². The van der Waals surface area contributed by atoms with E-state index in [1.165, 1.54) is 110 Å². The number of hydrogen-bond acceptors (Lipinski definition) is 7. The number of thiophene rings is 5. The third-order valence-corrected chi connectivity index (χ3v) is 16.4. The summed E-state index contributed by atoms with van der Waals surface area (Å²) >= 11 is 17.1. The van der Waals surface area contributed by atoms with Crippen LogP contribution in [0.15, 0.2) is 42.6 Å². The molecule has 246 valence electrons. The molecule has 1 aromatic carbocycles. The van der Waals surface area contributed by atoms with Gasteiger partial charge in [0.05, 0.1) is 36.5 Å². The number of unbranched alkanes of at least 4 members (excludes halogenated alkanes) is 2. The van der Waals surface area contributed by atoms with Crippen LogP contribution in [0, 0.1) is 11.8 Å². The number of fused-ring (bicyclic) bond motifs is 7. The molecular formula is C38H40Br2N2S5. The molecular weight excluding hydrogens is 805 g/mol. The molecule has 0 radical (unpaired) electrons. The van der Waals surface area contributed by atoms with Crippen molar-refractivity contribution < 1.29 is 0 Å². The lowest BCUT2D eigenvalue weighted by atomic mass is 9.92. The van der Waals surface area contributed by atoms with Gasteiger partial charge in [-0.15, -0.1) is 56.7 Å². The van der Waals surface area contributed by atoms with E-state index in [1.807, 2.05) is 34.0 Å². The van der Waals surface area contributed by atoms with Gasteiger partial charge in [-0.25, -0.2) is 9.97 Å². The average Bonchev–Trinajstić information content (AvgIpc) is 3.90. The quantitative estimate of drug-likeness (QED) is 0.109. The van der Waals surface area contributed by atoms with Crippen molar-refractivity contribution in [1.29, 1.82) is 0 Å². The van der Waals surface area contributed by atoms with Crippen LogP contribution in [0.4, 0.5) is 0 Å². The summed E-state index contributed by atoms with van der Waals surface area (Å²) in [5.41, 5.74) is 7.13. The van der Waals surface area contributed by atoms with Gasteiger partial charge in [0.2, 0.25) is 0 Å². The first kappa shape index (κ1) is 34.3. The number of benzene rings is 1. The summed E-state index contributed by atoms with van der Waals surface area (Å²) in [5, 5.41) is 7.02. The van der Waals surface area contributed by atoms with E-state index in [2.05, 4.69) is 94.6 Å². The molecule has 7 aromatic rings. The van der Waals surface area contributed by atoms with Crippen molar-refractivity contribution >= 4 is 131 Å². The van der Waals surface area contributed by atoms with Crippen molar-refractivity contribution in [3.8, 4) is 19.5 Å². The summed E-state index contributed by atoms with van der Waals surface area (Å²) in [4.78, 5) is 16.6. The normalized spacial score (nSPS) is 13.6. The van der Waals surface area contributed by atoms with Gasteiger partial charge in [0.25, 0.3) is 0 Å². The highest BCUT2D eigenvalue weighted by molar-refractivity contribution is 9.11. The molecule has 0 saturated carbocycles. The van der Waals surface area contributed by atoms with E-state index in [0.29, 0.717) is 11.8 Å². The molecule has 7 rings (SSSR count). The highest BCUT2D eigenvalue weighted by Gasteiger charge is 2.27. The van der Waals surface area contributed by atoms with Crippen molar-refractivity contribution in [2.45, 2.75) is 91.9 Å². The second-order valence-corrected chi connectivity index (χ2v) is 20.5. The molecule has 0 bridgehead atoms. The van der Waals surface area contributed by atoms with Gasteiger partial charge in [0, 0.05) is 10.8 Å². The predicted octanol–water partition coefficient (Wildman–Crippen LogP) is 15.8. The maximum absolute atomic E-state index is 5.63. The van der Waals surface area contributed by atoms with Crippen LogP contribution >= 0.6 is 88.5 Å². The third-order valence-electron chi connectivity index (χ3n) is 9.65. The average molecular weight is 845 g/mol. The summed E-state index contributed by atoms with van der Waals surface area (Å²) < 4.78 is 4.90. The van der Waals surface area contributed by atoms with Gasteiger partial charge in [0.1, 0.15) is 22.1 Å². The van der Waals surface area contributed by atoms with Gasteiger partial charge in [-0.05, 0) is 103 Å². The number of halogens is 2. The van der Waals surface area contributed by atoms with Crippen molar-refractivity contribution in [1.82, 2.24) is 9.97 Å². The largest absolute Gasteiger partial charge is 0.241 e. The Kier molecular flexibility index (Phi) is 10.9. The van der Waals surface area contributed by atoms with E-state index >= 15 is 0 Å². The summed E-state index contributed by atoms with van der Waals surface area (Å²) in [6.45, 7) is 9.32. The second-order valence-electron chi connectivity index (χ2n) is 12.8. The zero-order valence-electron chi connectivity index (χ0n) is 27.4. The highest BCUT2D eigenvalue weighted by atomic mass is 79.9. The zero-order valence-corrected chi connectivity index (χ0v) is 34.6. The molecule has 0 N–H and O–H groups in total. The lowest BCUT2D eigenvalue weighted by Gasteiger charge is -2.14. The van der Waals surface area contributed by atoms with Crippen LogP contribution in [0.2, 0.25) is 0 Å². The molecule has 9 heteroatoms. The fourth-order valence-corrected chi connectivity index (χ4v) is 13.6. The fourth-order valence-electron chi connectivity index (χ4n) is 6.97. The molecule has 6 aromatic heterocycles. The van der Waals surface area contributed by atoms with Crippen LogP contribution in [0.25, 0.3) is 61.7 Å². The van der Waals surface area contributed by atoms with Crippen LogP contribution in [0.5, 0.6) is 0 Å². The van der Waals surface area contributed by atoms with Crippen molar-refractivity contribution in [2.75, 3.05) is 0 Å². The maximum atomic E-state index is 5.63. The zero-order chi connectivity index (χ0) is 32.7. The monoisotopic (exact) mass is 842 g/mol. The molecule has 2 unspecified atom stereocenters. The Balaban J connectivity index is 1.47. The summed E-state index contributed by atoms with van der Waals surface area (Å²) in [5.74, 6) is 1.39. The first-order chi connectivity index (χ1) is 22.9. The summed E-state index contributed by atoms with van der Waals surface area (Å²) in [6.07, 6.45) is 12.3. The molecule has 47 heavy (non-hydrogen) atoms. The van der Waals surface area contributed by atoms with Crippen LogP contribution in [0.1, 0.15) is 90.2 Å². The van der Waals surface area contributed by atoms with Gasteiger partial charge in [0.15, 0.2) is 0 Å². The molecule has 2 nitrogen and oxygen atoms in total. The van der Waals surface area contributed by atoms with Crippen molar-refractivity contribution in [3.05, 3.63) is 53.7 Å². The van der Waals surface area contributed by atoms with E-state index in [0.717, 1.165) is 34.9 Å². The minimum Gasteiger partial charge on any atom is -0.241 e. The van der Waals surface area contributed by atoms with Crippen LogP contribution in [0.3, 0.4) is 0 Å². The molecule has 0 spiro atoms. The van der Waals surface area contributed by atoms with Gasteiger partial charge < -0.3 is 0 Å².